The first-order valence-corrected chi connectivity index (χ1v) is 11.8. The van der Waals surface area contributed by atoms with Gasteiger partial charge >= 0.3 is 0 Å². The third-order valence-corrected chi connectivity index (χ3v) is 7.43. The molecule has 0 spiro atoms. The van der Waals surface area contributed by atoms with Gasteiger partial charge in [0.25, 0.3) is 0 Å². The number of hydrogen-bond donors (Lipinski definition) is 1. The van der Waals surface area contributed by atoms with Gasteiger partial charge in [0.2, 0.25) is 15.9 Å². The summed E-state index contributed by atoms with van der Waals surface area (Å²) in [5, 5.41) is 2.98. The number of carbonyl (C=O) groups excluding carboxylic acids is 1. The molecule has 2 aliphatic heterocycles. The van der Waals surface area contributed by atoms with E-state index < -0.39 is 10.0 Å². The molecule has 28 heavy (non-hydrogen) atoms. The molecule has 0 aromatic heterocycles. The lowest BCUT2D eigenvalue weighted by Crippen LogP contribution is -2.45. The number of rotatable bonds is 7. The Morgan fingerprint density at radius 2 is 1.89 bits per heavy atom. The molecule has 1 atom stereocenters. The summed E-state index contributed by atoms with van der Waals surface area (Å²) < 4.78 is 31.4. The topological polar surface area (TPSA) is 79.0 Å². The summed E-state index contributed by atoms with van der Waals surface area (Å²) in [6.07, 6.45) is 2.06. The van der Waals surface area contributed by atoms with Gasteiger partial charge in [0.1, 0.15) is 0 Å². The lowest BCUT2D eigenvalue weighted by atomic mass is 9.98. The van der Waals surface area contributed by atoms with Gasteiger partial charge in [-0.2, -0.15) is 0 Å². The maximum atomic E-state index is 12.6. The molecule has 0 saturated carbocycles. The normalized spacial score (nSPS) is 21.5. The molecule has 1 unspecified atom stereocenters. The van der Waals surface area contributed by atoms with E-state index in [1.54, 1.807) is 0 Å². The van der Waals surface area contributed by atoms with Crippen molar-refractivity contribution in [2.75, 3.05) is 50.0 Å². The number of amides is 1. The van der Waals surface area contributed by atoms with Gasteiger partial charge in [-0.3, -0.25) is 4.79 Å². The quantitative estimate of drug-likeness (QED) is 0.740. The molecule has 8 heteroatoms. The van der Waals surface area contributed by atoms with Crippen LogP contribution in [0.1, 0.15) is 31.7 Å². The monoisotopic (exact) mass is 409 g/mol. The van der Waals surface area contributed by atoms with Crippen molar-refractivity contribution >= 4 is 21.6 Å². The summed E-state index contributed by atoms with van der Waals surface area (Å²) in [4.78, 5) is 14.9. The summed E-state index contributed by atoms with van der Waals surface area (Å²) in [5.74, 6) is -0.182. The third kappa shape index (κ3) is 5.46. The average Bonchev–Trinajstić information content (AvgIpc) is 2.73. The van der Waals surface area contributed by atoms with Gasteiger partial charge < -0.3 is 15.0 Å². The highest BCUT2D eigenvalue weighted by Gasteiger charge is 2.31. The van der Waals surface area contributed by atoms with Crippen molar-refractivity contribution in [1.29, 1.82) is 0 Å². The van der Waals surface area contributed by atoms with E-state index in [0.29, 0.717) is 26.1 Å². The smallest absolute Gasteiger partial charge is 0.224 e. The second-order valence-corrected chi connectivity index (χ2v) is 9.59. The van der Waals surface area contributed by atoms with Gasteiger partial charge in [0.15, 0.2) is 0 Å². The number of ether oxygens (including phenoxy) is 1. The highest BCUT2D eigenvalue weighted by Crippen LogP contribution is 2.21. The Bertz CT molecular complexity index is 745. The summed E-state index contributed by atoms with van der Waals surface area (Å²) in [7, 11) is -3.24. The van der Waals surface area contributed by atoms with E-state index in [1.807, 2.05) is 19.1 Å². The molecule has 1 amide bonds. The summed E-state index contributed by atoms with van der Waals surface area (Å²) in [5.41, 5.74) is 2.21. The zero-order valence-corrected chi connectivity index (χ0v) is 17.4. The maximum Gasteiger partial charge on any atom is 0.224 e. The van der Waals surface area contributed by atoms with E-state index in [0.717, 1.165) is 44.7 Å². The molecule has 156 valence electrons. The molecule has 0 bridgehead atoms. The molecule has 0 radical (unpaired) electrons. The molecule has 7 nitrogen and oxygen atoms in total. The first-order chi connectivity index (χ1) is 13.5. The first-order valence-electron chi connectivity index (χ1n) is 10.2. The fraction of sp³-hybridized carbons (Fsp3) is 0.650. The average molecular weight is 410 g/mol. The van der Waals surface area contributed by atoms with Gasteiger partial charge in [-0.05, 0) is 37.0 Å². The minimum atomic E-state index is -3.24. The van der Waals surface area contributed by atoms with E-state index in [2.05, 4.69) is 22.3 Å². The number of benzene rings is 1. The van der Waals surface area contributed by atoms with E-state index in [4.69, 9.17) is 4.74 Å². The fourth-order valence-electron chi connectivity index (χ4n) is 3.78. The summed E-state index contributed by atoms with van der Waals surface area (Å²) in [6, 6.07) is 8.22. The van der Waals surface area contributed by atoms with E-state index in [-0.39, 0.29) is 17.6 Å². The largest absolute Gasteiger partial charge is 0.378 e. The number of nitrogens with one attached hydrogen (secondary N) is 1. The van der Waals surface area contributed by atoms with E-state index in [1.165, 1.54) is 9.99 Å². The Kier molecular flexibility index (Phi) is 7.31. The second-order valence-electron chi connectivity index (χ2n) is 7.50. The van der Waals surface area contributed by atoms with Crippen LogP contribution >= 0.6 is 0 Å². The maximum absolute atomic E-state index is 12.6. The number of piperidine rings is 1. The van der Waals surface area contributed by atoms with Crippen LogP contribution in [0.3, 0.4) is 0 Å². The molecule has 2 heterocycles. The fourth-order valence-corrected chi connectivity index (χ4v) is 5.36. The molecule has 1 N–H and O–H groups in total. The predicted octanol–water partition coefficient (Wildman–Crippen LogP) is 1.59. The van der Waals surface area contributed by atoms with Crippen molar-refractivity contribution in [1.82, 2.24) is 9.62 Å². The number of anilines is 1. The predicted molar refractivity (Wildman–Crippen MR) is 110 cm³/mol. The van der Waals surface area contributed by atoms with Crippen molar-refractivity contribution in [2.45, 2.75) is 32.7 Å². The molecule has 2 saturated heterocycles. The van der Waals surface area contributed by atoms with Crippen LogP contribution in [-0.2, 0) is 26.1 Å². The van der Waals surface area contributed by atoms with Gasteiger partial charge in [0.05, 0.1) is 24.9 Å². The molecule has 1 aromatic carbocycles. The zero-order chi connectivity index (χ0) is 20.0. The van der Waals surface area contributed by atoms with E-state index >= 15 is 0 Å². The Labute approximate surface area is 168 Å². The molecule has 0 aliphatic carbocycles. The highest BCUT2D eigenvalue weighted by atomic mass is 32.2. The second kappa shape index (κ2) is 9.71. The zero-order valence-electron chi connectivity index (χ0n) is 16.6. The molecule has 1 aromatic rings. The third-order valence-electron chi connectivity index (χ3n) is 5.39. The molecule has 2 aliphatic rings. The minimum absolute atomic E-state index is 0.0614. The molecular formula is C20H31N3O4S. The van der Waals surface area contributed by atoms with Gasteiger partial charge in [-0.25, -0.2) is 12.7 Å². The van der Waals surface area contributed by atoms with Crippen LogP contribution in [0, 0.1) is 5.92 Å². The van der Waals surface area contributed by atoms with Crippen molar-refractivity contribution in [3.63, 3.8) is 0 Å². The Balaban J connectivity index is 1.50. The van der Waals surface area contributed by atoms with Crippen molar-refractivity contribution in [2.24, 2.45) is 5.92 Å². The van der Waals surface area contributed by atoms with Crippen LogP contribution in [0.5, 0.6) is 0 Å². The molecular weight excluding hydrogens is 378 g/mol. The van der Waals surface area contributed by atoms with Crippen LogP contribution in [0.25, 0.3) is 0 Å². The van der Waals surface area contributed by atoms with Gasteiger partial charge in [-0.1, -0.05) is 19.1 Å². The Hall–Kier alpha value is -1.64. The van der Waals surface area contributed by atoms with Gasteiger partial charge in [0, 0.05) is 38.4 Å². The lowest BCUT2D eigenvalue weighted by Gasteiger charge is -2.31. The van der Waals surface area contributed by atoms with Crippen LogP contribution in [0.4, 0.5) is 5.69 Å². The van der Waals surface area contributed by atoms with Crippen LogP contribution in [0.15, 0.2) is 24.3 Å². The number of carbonyl (C=O) groups is 1. The van der Waals surface area contributed by atoms with E-state index in [9.17, 15) is 13.2 Å². The van der Waals surface area contributed by atoms with Crippen LogP contribution < -0.4 is 10.2 Å². The standard InChI is InChI=1S/C20H31N3O4S/c1-2-14-28(25,26)23-9-3-4-18(16-23)20(24)21-15-17-5-7-19(8-6-17)22-10-12-27-13-11-22/h5-8,18H,2-4,9-16H2,1H3,(H,21,24). The van der Waals surface area contributed by atoms with Crippen molar-refractivity contribution in [3.8, 4) is 0 Å². The summed E-state index contributed by atoms with van der Waals surface area (Å²) in [6.45, 7) is 6.44. The van der Waals surface area contributed by atoms with Crippen molar-refractivity contribution < 1.29 is 17.9 Å². The first kappa shape index (κ1) is 21.1. The minimum Gasteiger partial charge on any atom is -0.378 e. The number of morpholine rings is 1. The molecule has 2 fully saturated rings. The number of sulfonamides is 1. The van der Waals surface area contributed by atoms with Crippen molar-refractivity contribution in [3.05, 3.63) is 29.8 Å². The molecule has 3 rings (SSSR count). The Morgan fingerprint density at radius 3 is 2.57 bits per heavy atom. The van der Waals surface area contributed by atoms with Gasteiger partial charge in [-0.15, -0.1) is 0 Å². The summed E-state index contributed by atoms with van der Waals surface area (Å²) >= 11 is 0. The highest BCUT2D eigenvalue weighted by molar-refractivity contribution is 7.89. The lowest BCUT2D eigenvalue weighted by molar-refractivity contribution is -0.126. The SMILES string of the molecule is CCCS(=O)(=O)N1CCCC(C(=O)NCc2ccc(N3CCOCC3)cc2)C1. The Morgan fingerprint density at radius 1 is 1.18 bits per heavy atom. The number of hydrogen-bond acceptors (Lipinski definition) is 5. The number of nitrogens with zero attached hydrogens (tertiary/aromatic N) is 2. The van der Waals surface area contributed by atoms with Crippen LogP contribution in [0.2, 0.25) is 0 Å². The van der Waals surface area contributed by atoms with Crippen LogP contribution in [-0.4, -0.2) is 63.8 Å².